The Kier molecular flexibility index (Phi) is 1.74. The molecule has 0 spiro atoms. The van der Waals surface area contributed by atoms with Crippen molar-refractivity contribution >= 4 is 11.6 Å². The molecule has 1 heterocycles. The molecule has 0 unspecified atom stereocenters. The predicted molar refractivity (Wildman–Crippen MR) is 45.3 cm³/mol. The average Bonchev–Trinajstić information content (AvgIpc) is 2.04. The molecule has 0 saturated carbocycles. The lowest BCUT2D eigenvalue weighted by atomic mass is 10.1. The van der Waals surface area contributed by atoms with Crippen LogP contribution in [0, 0.1) is 0 Å². The number of hydrogen-bond acceptors (Lipinski definition) is 1. The molecule has 0 radical (unpaired) electrons. The third-order valence-electron chi connectivity index (χ3n) is 1.88. The smallest absolute Gasteiger partial charge is 0.123 e. The highest BCUT2D eigenvalue weighted by atomic mass is 35.5. The molecule has 58 valence electrons. The van der Waals surface area contributed by atoms with Gasteiger partial charge in [0, 0.05) is 5.02 Å². The zero-order chi connectivity index (χ0) is 7.68. The molecule has 2 rings (SSSR count). The molecule has 1 aliphatic heterocycles. The van der Waals surface area contributed by atoms with E-state index in [0.717, 1.165) is 30.2 Å². The van der Waals surface area contributed by atoms with Crippen molar-refractivity contribution < 1.29 is 4.74 Å². The van der Waals surface area contributed by atoms with E-state index in [2.05, 4.69) is 0 Å². The zero-order valence-electron chi connectivity index (χ0n) is 6.14. The number of benzene rings is 1. The van der Waals surface area contributed by atoms with Crippen molar-refractivity contribution in [3.8, 4) is 5.75 Å². The fourth-order valence-electron chi connectivity index (χ4n) is 1.31. The number of ether oxygens (including phenoxy) is 1. The van der Waals surface area contributed by atoms with Gasteiger partial charge in [-0.1, -0.05) is 17.7 Å². The van der Waals surface area contributed by atoms with E-state index in [4.69, 9.17) is 16.3 Å². The number of hydrogen-bond donors (Lipinski definition) is 0. The summed E-state index contributed by atoms with van der Waals surface area (Å²) < 4.78 is 5.42. The van der Waals surface area contributed by atoms with Gasteiger partial charge >= 0.3 is 0 Å². The standard InChI is InChI=1S/C9H9ClO/c10-8-4-3-7-2-1-5-11-9(7)6-8/h3-4,6H,1-2,5H2. The van der Waals surface area contributed by atoms with E-state index in [1.54, 1.807) is 0 Å². The average molecular weight is 169 g/mol. The highest BCUT2D eigenvalue weighted by Crippen LogP contribution is 2.27. The highest BCUT2D eigenvalue weighted by Gasteiger charge is 2.09. The molecule has 0 fully saturated rings. The summed E-state index contributed by atoms with van der Waals surface area (Å²) in [5.41, 5.74) is 1.28. The van der Waals surface area contributed by atoms with Crippen LogP contribution in [0.15, 0.2) is 18.2 Å². The fraction of sp³-hybridized carbons (Fsp3) is 0.333. The molecular formula is C9H9ClO. The van der Waals surface area contributed by atoms with E-state index >= 15 is 0 Å². The minimum atomic E-state index is 0.755. The van der Waals surface area contributed by atoms with E-state index in [1.165, 1.54) is 5.56 Å². The van der Waals surface area contributed by atoms with Gasteiger partial charge in [0.25, 0.3) is 0 Å². The summed E-state index contributed by atoms with van der Waals surface area (Å²) in [6, 6.07) is 5.84. The Bertz CT molecular complexity index is 270. The molecule has 0 N–H and O–H groups in total. The molecule has 0 amide bonds. The molecule has 0 saturated heterocycles. The predicted octanol–water partition coefficient (Wildman–Crippen LogP) is 2.67. The maximum Gasteiger partial charge on any atom is 0.123 e. The van der Waals surface area contributed by atoms with Crippen molar-refractivity contribution in [3.63, 3.8) is 0 Å². The number of fused-ring (bicyclic) bond motifs is 1. The quantitative estimate of drug-likeness (QED) is 0.579. The summed E-state index contributed by atoms with van der Waals surface area (Å²) in [6.07, 6.45) is 2.24. The first kappa shape index (κ1) is 6.99. The Morgan fingerprint density at radius 1 is 1.36 bits per heavy atom. The van der Waals surface area contributed by atoms with Crippen molar-refractivity contribution in [1.82, 2.24) is 0 Å². The second kappa shape index (κ2) is 2.74. The van der Waals surface area contributed by atoms with Crippen molar-refractivity contribution in [2.75, 3.05) is 6.61 Å². The van der Waals surface area contributed by atoms with Gasteiger partial charge < -0.3 is 4.74 Å². The Hall–Kier alpha value is -0.690. The van der Waals surface area contributed by atoms with Crippen LogP contribution in [0.5, 0.6) is 5.75 Å². The van der Waals surface area contributed by atoms with Gasteiger partial charge in [-0.2, -0.15) is 0 Å². The minimum absolute atomic E-state index is 0.755. The Morgan fingerprint density at radius 2 is 2.27 bits per heavy atom. The van der Waals surface area contributed by atoms with Gasteiger partial charge in [-0.3, -0.25) is 0 Å². The van der Waals surface area contributed by atoms with Crippen LogP contribution in [-0.2, 0) is 6.42 Å². The number of rotatable bonds is 0. The lowest BCUT2D eigenvalue weighted by Gasteiger charge is -2.16. The van der Waals surface area contributed by atoms with Crippen LogP contribution < -0.4 is 4.74 Å². The van der Waals surface area contributed by atoms with Crippen molar-refractivity contribution in [3.05, 3.63) is 28.8 Å². The summed E-state index contributed by atoms with van der Waals surface area (Å²) in [4.78, 5) is 0. The van der Waals surface area contributed by atoms with Crippen LogP contribution >= 0.6 is 11.6 Å². The molecule has 1 aromatic rings. The largest absolute Gasteiger partial charge is 0.493 e. The van der Waals surface area contributed by atoms with Gasteiger partial charge in [0.2, 0.25) is 0 Å². The van der Waals surface area contributed by atoms with Crippen LogP contribution in [0.1, 0.15) is 12.0 Å². The second-order valence-electron chi connectivity index (χ2n) is 2.70. The molecule has 0 aliphatic carbocycles. The Balaban J connectivity index is 2.43. The Labute approximate surface area is 70.9 Å². The minimum Gasteiger partial charge on any atom is -0.493 e. The molecule has 0 bridgehead atoms. The van der Waals surface area contributed by atoms with Crippen molar-refractivity contribution in [1.29, 1.82) is 0 Å². The third-order valence-corrected chi connectivity index (χ3v) is 2.11. The Morgan fingerprint density at radius 3 is 3.18 bits per heavy atom. The number of halogens is 1. The first-order chi connectivity index (χ1) is 5.36. The second-order valence-corrected chi connectivity index (χ2v) is 3.14. The molecule has 1 aromatic carbocycles. The van der Waals surface area contributed by atoms with Crippen molar-refractivity contribution in [2.45, 2.75) is 12.8 Å². The summed E-state index contributed by atoms with van der Waals surface area (Å²) in [5, 5.41) is 0.755. The van der Waals surface area contributed by atoms with E-state index in [0.29, 0.717) is 0 Å². The van der Waals surface area contributed by atoms with Gasteiger partial charge in [0.1, 0.15) is 5.75 Å². The lowest BCUT2D eigenvalue weighted by molar-refractivity contribution is 0.288. The van der Waals surface area contributed by atoms with Crippen LogP contribution in [0.25, 0.3) is 0 Å². The fourth-order valence-corrected chi connectivity index (χ4v) is 1.48. The van der Waals surface area contributed by atoms with E-state index in [9.17, 15) is 0 Å². The number of aryl methyl sites for hydroxylation is 1. The molecule has 1 aliphatic rings. The maximum atomic E-state index is 5.80. The monoisotopic (exact) mass is 168 g/mol. The third kappa shape index (κ3) is 1.33. The molecule has 1 nitrogen and oxygen atoms in total. The molecular weight excluding hydrogens is 160 g/mol. The first-order valence-corrected chi connectivity index (χ1v) is 4.15. The van der Waals surface area contributed by atoms with Gasteiger partial charge in [-0.05, 0) is 30.5 Å². The zero-order valence-corrected chi connectivity index (χ0v) is 6.90. The summed E-state index contributed by atoms with van der Waals surface area (Å²) in [6.45, 7) is 0.827. The van der Waals surface area contributed by atoms with Gasteiger partial charge in [0.15, 0.2) is 0 Å². The highest BCUT2D eigenvalue weighted by molar-refractivity contribution is 6.30. The van der Waals surface area contributed by atoms with Crippen LogP contribution in [0.2, 0.25) is 5.02 Å². The first-order valence-electron chi connectivity index (χ1n) is 3.77. The summed E-state index contributed by atoms with van der Waals surface area (Å²) in [7, 11) is 0. The molecule has 0 aromatic heterocycles. The SMILES string of the molecule is Clc1ccc2c(c1)OCCC2. The van der Waals surface area contributed by atoms with Crippen LogP contribution in [0.4, 0.5) is 0 Å². The van der Waals surface area contributed by atoms with Gasteiger partial charge in [-0.25, -0.2) is 0 Å². The van der Waals surface area contributed by atoms with E-state index in [1.807, 2.05) is 18.2 Å². The molecule has 11 heavy (non-hydrogen) atoms. The van der Waals surface area contributed by atoms with Crippen LogP contribution in [0.3, 0.4) is 0 Å². The normalized spacial score (nSPS) is 15.4. The molecule has 2 heteroatoms. The summed E-state index contributed by atoms with van der Waals surface area (Å²) in [5.74, 6) is 0.962. The van der Waals surface area contributed by atoms with Crippen LogP contribution in [-0.4, -0.2) is 6.61 Å². The van der Waals surface area contributed by atoms with E-state index < -0.39 is 0 Å². The van der Waals surface area contributed by atoms with E-state index in [-0.39, 0.29) is 0 Å². The maximum absolute atomic E-state index is 5.80. The topological polar surface area (TPSA) is 9.23 Å². The molecule has 0 atom stereocenters. The lowest BCUT2D eigenvalue weighted by Crippen LogP contribution is -2.07. The van der Waals surface area contributed by atoms with Crippen molar-refractivity contribution in [2.24, 2.45) is 0 Å². The summed E-state index contributed by atoms with van der Waals surface area (Å²) >= 11 is 5.80. The van der Waals surface area contributed by atoms with Gasteiger partial charge in [-0.15, -0.1) is 0 Å². The van der Waals surface area contributed by atoms with Gasteiger partial charge in [0.05, 0.1) is 6.61 Å².